The topological polar surface area (TPSA) is 78.9 Å². The van der Waals surface area contributed by atoms with Gasteiger partial charge in [0, 0.05) is 35.1 Å². The Morgan fingerprint density at radius 2 is 2.00 bits per heavy atom. The van der Waals surface area contributed by atoms with Crippen LogP contribution in [0.3, 0.4) is 0 Å². The Labute approximate surface area is 109 Å². The zero-order chi connectivity index (χ0) is 13.2. The second-order valence-electron chi connectivity index (χ2n) is 4.17. The fourth-order valence-electron chi connectivity index (χ4n) is 2.13. The van der Waals surface area contributed by atoms with Gasteiger partial charge in [-0.25, -0.2) is 0 Å². The van der Waals surface area contributed by atoms with Gasteiger partial charge in [0.1, 0.15) is 0 Å². The predicted molar refractivity (Wildman–Crippen MR) is 70.7 cm³/mol. The number of benzene rings is 1. The minimum Gasteiger partial charge on any atom is -0.481 e. The van der Waals surface area contributed by atoms with Crippen LogP contribution in [0.15, 0.2) is 42.9 Å². The highest BCUT2D eigenvalue weighted by molar-refractivity contribution is 5.95. The molecule has 2 aromatic heterocycles. The van der Waals surface area contributed by atoms with Crippen LogP contribution in [-0.4, -0.2) is 26.0 Å². The number of nitrogens with one attached hydrogen (secondary N) is 1. The average Bonchev–Trinajstić information content (AvgIpc) is 2.82. The summed E-state index contributed by atoms with van der Waals surface area (Å²) in [5.74, 6) is -0.915. The molecule has 0 spiro atoms. The number of carbonyl (C=O) groups is 1. The summed E-state index contributed by atoms with van der Waals surface area (Å²) in [5, 5.41) is 9.94. The van der Waals surface area contributed by atoms with Crippen LogP contribution in [0.5, 0.6) is 0 Å². The maximum Gasteiger partial charge on any atom is 0.309 e. The molecule has 0 bridgehead atoms. The van der Waals surface area contributed by atoms with Crippen LogP contribution in [0.1, 0.15) is 5.69 Å². The number of para-hydroxylation sites is 1. The summed E-state index contributed by atoms with van der Waals surface area (Å²) >= 11 is 0. The molecule has 5 nitrogen and oxygen atoms in total. The summed E-state index contributed by atoms with van der Waals surface area (Å²) in [5.41, 5.74) is 2.95. The first-order chi connectivity index (χ1) is 9.25. The molecular weight excluding hydrogens is 242 g/mol. The fourth-order valence-corrected chi connectivity index (χ4v) is 2.13. The molecule has 0 amide bonds. The number of rotatable bonds is 3. The highest BCUT2D eigenvalue weighted by atomic mass is 16.4. The number of aromatic nitrogens is 3. The van der Waals surface area contributed by atoms with Crippen LogP contribution in [0, 0.1) is 0 Å². The molecule has 94 valence electrons. The summed E-state index contributed by atoms with van der Waals surface area (Å²) in [7, 11) is 0. The SMILES string of the molecule is O=C(O)Cc1nccnc1-c1c[nH]c2ccccc12. The van der Waals surface area contributed by atoms with Crippen molar-refractivity contribution < 1.29 is 9.90 Å². The van der Waals surface area contributed by atoms with E-state index in [-0.39, 0.29) is 6.42 Å². The number of aliphatic carboxylic acids is 1. The first kappa shape index (κ1) is 11.4. The van der Waals surface area contributed by atoms with Crippen LogP contribution in [-0.2, 0) is 11.2 Å². The Morgan fingerprint density at radius 3 is 2.84 bits per heavy atom. The van der Waals surface area contributed by atoms with E-state index in [0.29, 0.717) is 11.4 Å². The zero-order valence-electron chi connectivity index (χ0n) is 10.00. The lowest BCUT2D eigenvalue weighted by Gasteiger charge is -2.04. The van der Waals surface area contributed by atoms with Crippen molar-refractivity contribution >= 4 is 16.9 Å². The number of nitrogens with zero attached hydrogens (tertiary/aromatic N) is 2. The molecule has 0 unspecified atom stereocenters. The Kier molecular flexibility index (Phi) is 2.72. The quantitative estimate of drug-likeness (QED) is 0.750. The highest BCUT2D eigenvalue weighted by Crippen LogP contribution is 2.28. The van der Waals surface area contributed by atoms with Gasteiger partial charge >= 0.3 is 5.97 Å². The minimum atomic E-state index is -0.915. The van der Waals surface area contributed by atoms with Crippen molar-refractivity contribution in [1.82, 2.24) is 15.0 Å². The molecule has 3 rings (SSSR count). The van der Waals surface area contributed by atoms with Crippen molar-refractivity contribution in [2.24, 2.45) is 0 Å². The van der Waals surface area contributed by atoms with Crippen molar-refractivity contribution in [3.8, 4) is 11.3 Å². The van der Waals surface area contributed by atoms with E-state index in [1.54, 1.807) is 6.20 Å². The molecule has 0 aliphatic carbocycles. The van der Waals surface area contributed by atoms with E-state index >= 15 is 0 Å². The maximum absolute atomic E-state index is 10.9. The van der Waals surface area contributed by atoms with Crippen molar-refractivity contribution in [2.45, 2.75) is 6.42 Å². The van der Waals surface area contributed by atoms with Crippen molar-refractivity contribution in [1.29, 1.82) is 0 Å². The van der Waals surface area contributed by atoms with E-state index in [9.17, 15) is 4.79 Å². The molecular formula is C14H11N3O2. The second kappa shape index (κ2) is 4.53. The molecule has 1 aromatic carbocycles. The summed E-state index contributed by atoms with van der Waals surface area (Å²) in [6, 6.07) is 7.82. The molecule has 0 radical (unpaired) electrons. The standard InChI is InChI=1S/C14H11N3O2/c18-13(19)7-12-14(16-6-5-15-12)10-8-17-11-4-2-1-3-9(10)11/h1-6,8,17H,7H2,(H,18,19). The van der Waals surface area contributed by atoms with Gasteiger partial charge in [0.05, 0.1) is 17.8 Å². The lowest BCUT2D eigenvalue weighted by molar-refractivity contribution is -0.136. The van der Waals surface area contributed by atoms with E-state index < -0.39 is 5.97 Å². The first-order valence-corrected chi connectivity index (χ1v) is 5.84. The molecule has 0 fully saturated rings. The van der Waals surface area contributed by atoms with Crippen molar-refractivity contribution in [2.75, 3.05) is 0 Å². The lowest BCUT2D eigenvalue weighted by Crippen LogP contribution is -2.05. The normalized spacial score (nSPS) is 10.7. The lowest BCUT2D eigenvalue weighted by atomic mass is 10.1. The largest absolute Gasteiger partial charge is 0.481 e. The van der Waals surface area contributed by atoms with Crippen molar-refractivity contribution in [3.05, 3.63) is 48.5 Å². The molecule has 2 heterocycles. The summed E-state index contributed by atoms with van der Waals surface area (Å²) in [4.78, 5) is 22.4. The molecule has 0 aliphatic heterocycles. The minimum absolute atomic E-state index is 0.136. The van der Waals surface area contributed by atoms with Gasteiger partial charge in [-0.15, -0.1) is 0 Å². The van der Waals surface area contributed by atoms with E-state index in [1.165, 1.54) is 6.20 Å². The van der Waals surface area contributed by atoms with Gasteiger partial charge in [-0.3, -0.25) is 14.8 Å². The Bertz CT molecular complexity index is 749. The smallest absolute Gasteiger partial charge is 0.309 e. The monoisotopic (exact) mass is 253 g/mol. The average molecular weight is 253 g/mol. The third-order valence-corrected chi connectivity index (χ3v) is 2.94. The van der Waals surface area contributed by atoms with Gasteiger partial charge < -0.3 is 10.1 Å². The molecule has 0 saturated carbocycles. The van der Waals surface area contributed by atoms with Crippen LogP contribution in [0.4, 0.5) is 0 Å². The van der Waals surface area contributed by atoms with E-state index in [2.05, 4.69) is 15.0 Å². The second-order valence-corrected chi connectivity index (χ2v) is 4.17. The van der Waals surface area contributed by atoms with Gasteiger partial charge in [0.25, 0.3) is 0 Å². The zero-order valence-corrected chi connectivity index (χ0v) is 10.00. The van der Waals surface area contributed by atoms with E-state index in [0.717, 1.165) is 16.5 Å². The van der Waals surface area contributed by atoms with E-state index in [4.69, 9.17) is 5.11 Å². The number of H-pyrrole nitrogens is 1. The predicted octanol–water partition coefficient (Wildman–Crippen LogP) is 2.25. The van der Waals surface area contributed by atoms with Gasteiger partial charge in [-0.1, -0.05) is 18.2 Å². The maximum atomic E-state index is 10.9. The van der Waals surface area contributed by atoms with Crippen molar-refractivity contribution in [3.63, 3.8) is 0 Å². The number of hydrogen-bond acceptors (Lipinski definition) is 3. The number of hydrogen-bond donors (Lipinski definition) is 2. The van der Waals surface area contributed by atoms with Gasteiger partial charge in [-0.2, -0.15) is 0 Å². The van der Waals surface area contributed by atoms with Crippen LogP contribution < -0.4 is 0 Å². The van der Waals surface area contributed by atoms with Crippen LogP contribution >= 0.6 is 0 Å². The van der Waals surface area contributed by atoms with Gasteiger partial charge in [0.2, 0.25) is 0 Å². The first-order valence-electron chi connectivity index (χ1n) is 5.84. The molecule has 5 heteroatoms. The van der Waals surface area contributed by atoms with Gasteiger partial charge in [0.15, 0.2) is 0 Å². The fraction of sp³-hybridized carbons (Fsp3) is 0.0714. The van der Waals surface area contributed by atoms with E-state index in [1.807, 2.05) is 30.5 Å². The molecule has 0 aliphatic rings. The summed E-state index contributed by atoms with van der Waals surface area (Å²) in [6.07, 6.45) is 4.78. The summed E-state index contributed by atoms with van der Waals surface area (Å²) < 4.78 is 0. The number of fused-ring (bicyclic) bond motifs is 1. The van der Waals surface area contributed by atoms with Gasteiger partial charge in [-0.05, 0) is 6.07 Å². The molecule has 3 aromatic rings. The Balaban J connectivity index is 2.19. The Morgan fingerprint density at radius 1 is 1.21 bits per heavy atom. The van der Waals surface area contributed by atoms with Crippen LogP contribution in [0.25, 0.3) is 22.2 Å². The Hall–Kier alpha value is -2.69. The molecule has 0 atom stereocenters. The molecule has 2 N–H and O–H groups in total. The number of carboxylic acid groups (broad SMARTS) is 1. The number of carboxylic acids is 1. The highest BCUT2D eigenvalue weighted by Gasteiger charge is 2.14. The van der Waals surface area contributed by atoms with Crippen LogP contribution in [0.2, 0.25) is 0 Å². The third-order valence-electron chi connectivity index (χ3n) is 2.94. The summed E-state index contributed by atoms with van der Waals surface area (Å²) in [6.45, 7) is 0. The molecule has 0 saturated heterocycles. The molecule has 19 heavy (non-hydrogen) atoms. The number of aromatic amines is 1. The third kappa shape index (κ3) is 2.06.